The number of aromatic nitrogens is 3. The molecule has 1 fully saturated rings. The first-order valence-corrected chi connectivity index (χ1v) is 9.99. The average molecular weight is 390 g/mol. The first-order valence-electron chi connectivity index (χ1n) is 9.99. The van der Waals surface area contributed by atoms with E-state index in [4.69, 9.17) is 14.7 Å². The average Bonchev–Trinajstić information content (AvgIpc) is 2.74. The van der Waals surface area contributed by atoms with Crippen LogP contribution in [0.3, 0.4) is 0 Å². The molecule has 1 saturated heterocycles. The highest BCUT2D eigenvalue weighted by Crippen LogP contribution is 2.29. The van der Waals surface area contributed by atoms with E-state index in [0.29, 0.717) is 13.2 Å². The van der Waals surface area contributed by atoms with Crippen LogP contribution in [0, 0.1) is 0 Å². The highest BCUT2D eigenvalue weighted by Gasteiger charge is 2.18. The molecular formula is C23H27N5O. The lowest BCUT2D eigenvalue weighted by Crippen LogP contribution is -2.37. The van der Waals surface area contributed by atoms with Gasteiger partial charge in [-0.25, -0.2) is 4.98 Å². The minimum atomic E-state index is 0.0763. The van der Waals surface area contributed by atoms with Crippen LogP contribution in [0.25, 0.3) is 11.3 Å². The zero-order valence-corrected chi connectivity index (χ0v) is 17.2. The van der Waals surface area contributed by atoms with Crippen molar-refractivity contribution in [3.8, 4) is 11.3 Å². The molecular weight excluding hydrogens is 362 g/mol. The van der Waals surface area contributed by atoms with Crippen molar-refractivity contribution in [2.45, 2.75) is 26.2 Å². The first kappa shape index (κ1) is 19.3. The number of pyridine rings is 1. The molecule has 1 N–H and O–H groups in total. The summed E-state index contributed by atoms with van der Waals surface area (Å²) in [7, 11) is 0. The molecule has 1 aliphatic rings. The molecule has 4 rings (SSSR count). The molecule has 1 aliphatic heterocycles. The molecule has 6 nitrogen and oxygen atoms in total. The van der Waals surface area contributed by atoms with Crippen molar-refractivity contribution in [3.63, 3.8) is 0 Å². The van der Waals surface area contributed by atoms with Gasteiger partial charge in [0, 0.05) is 30.9 Å². The lowest BCUT2D eigenvalue weighted by molar-refractivity contribution is 0.122. The fourth-order valence-corrected chi connectivity index (χ4v) is 3.28. The second-order valence-electron chi connectivity index (χ2n) is 8.24. The standard InChI is InChI=1S/C23H27N5O/c1-23(2,3)18-7-4-6-17(14-18)20-15-21(25-19-8-5-9-24-16-19)27-22(26-20)28-10-12-29-13-11-28/h4-9,14-16H,10-13H2,1-3H3,(H,25,26,27). The van der Waals surface area contributed by atoms with Crippen LogP contribution in [0.1, 0.15) is 26.3 Å². The first-order chi connectivity index (χ1) is 14.0. The van der Waals surface area contributed by atoms with Crippen molar-refractivity contribution in [1.29, 1.82) is 0 Å². The SMILES string of the molecule is CC(C)(C)c1cccc(-c2cc(Nc3cccnc3)nc(N3CCOCC3)n2)c1. The van der Waals surface area contributed by atoms with E-state index in [1.54, 1.807) is 12.4 Å². The molecule has 150 valence electrons. The molecule has 6 heteroatoms. The molecule has 0 radical (unpaired) electrons. The van der Waals surface area contributed by atoms with E-state index in [2.05, 4.69) is 60.2 Å². The second kappa shape index (κ2) is 8.17. The normalized spacial score (nSPS) is 14.7. The maximum atomic E-state index is 5.49. The number of morpholine rings is 1. The fraction of sp³-hybridized carbons (Fsp3) is 0.348. The van der Waals surface area contributed by atoms with Crippen LogP contribution in [0.4, 0.5) is 17.5 Å². The van der Waals surface area contributed by atoms with Crippen LogP contribution in [0.2, 0.25) is 0 Å². The molecule has 0 spiro atoms. The van der Waals surface area contributed by atoms with Crippen LogP contribution >= 0.6 is 0 Å². The van der Waals surface area contributed by atoms with Gasteiger partial charge in [-0.15, -0.1) is 0 Å². The summed E-state index contributed by atoms with van der Waals surface area (Å²) in [6.07, 6.45) is 3.55. The van der Waals surface area contributed by atoms with Gasteiger partial charge in [-0.1, -0.05) is 39.0 Å². The minimum Gasteiger partial charge on any atom is -0.378 e. The Hall–Kier alpha value is -2.99. The number of anilines is 3. The van der Waals surface area contributed by atoms with Crippen LogP contribution in [0.5, 0.6) is 0 Å². The van der Waals surface area contributed by atoms with Gasteiger partial charge in [0.1, 0.15) is 5.82 Å². The third-order valence-electron chi connectivity index (χ3n) is 4.97. The number of nitrogens with zero attached hydrogens (tertiary/aromatic N) is 4. The van der Waals surface area contributed by atoms with Crippen molar-refractivity contribution >= 4 is 17.5 Å². The molecule has 0 unspecified atom stereocenters. The second-order valence-corrected chi connectivity index (χ2v) is 8.24. The molecule has 3 heterocycles. The smallest absolute Gasteiger partial charge is 0.228 e. The predicted molar refractivity (Wildman–Crippen MR) is 117 cm³/mol. The Morgan fingerprint density at radius 3 is 2.55 bits per heavy atom. The van der Waals surface area contributed by atoms with E-state index in [-0.39, 0.29) is 5.41 Å². The largest absolute Gasteiger partial charge is 0.378 e. The summed E-state index contributed by atoms with van der Waals surface area (Å²) < 4.78 is 5.49. The van der Waals surface area contributed by atoms with E-state index in [1.165, 1.54) is 5.56 Å². The fourth-order valence-electron chi connectivity index (χ4n) is 3.28. The van der Waals surface area contributed by atoms with Gasteiger partial charge in [0.25, 0.3) is 0 Å². The molecule has 0 aliphatic carbocycles. The Balaban J connectivity index is 1.75. The maximum Gasteiger partial charge on any atom is 0.228 e. The van der Waals surface area contributed by atoms with Crippen LogP contribution < -0.4 is 10.2 Å². The maximum absolute atomic E-state index is 5.49. The lowest BCUT2D eigenvalue weighted by Gasteiger charge is -2.27. The highest BCUT2D eigenvalue weighted by atomic mass is 16.5. The van der Waals surface area contributed by atoms with Crippen molar-refractivity contribution in [2.75, 3.05) is 36.5 Å². The quantitative estimate of drug-likeness (QED) is 0.713. The number of nitrogens with one attached hydrogen (secondary N) is 1. The number of hydrogen-bond donors (Lipinski definition) is 1. The van der Waals surface area contributed by atoms with E-state index in [1.807, 2.05) is 18.2 Å². The molecule has 0 atom stereocenters. The molecule has 1 aromatic carbocycles. The summed E-state index contributed by atoms with van der Waals surface area (Å²) in [5.74, 6) is 1.48. The number of rotatable bonds is 4. The van der Waals surface area contributed by atoms with E-state index >= 15 is 0 Å². The Kier molecular flexibility index (Phi) is 5.45. The summed E-state index contributed by atoms with van der Waals surface area (Å²) in [5.41, 5.74) is 4.24. The summed E-state index contributed by atoms with van der Waals surface area (Å²) in [5, 5.41) is 3.37. The Morgan fingerprint density at radius 2 is 1.83 bits per heavy atom. The summed E-state index contributed by atoms with van der Waals surface area (Å²) >= 11 is 0. The molecule has 0 saturated carbocycles. The molecule has 3 aromatic rings. The van der Waals surface area contributed by atoms with Crippen molar-refractivity contribution in [3.05, 3.63) is 60.4 Å². The molecule has 0 amide bonds. The summed E-state index contributed by atoms with van der Waals surface area (Å²) in [6, 6.07) is 14.5. The molecule has 29 heavy (non-hydrogen) atoms. The van der Waals surface area contributed by atoms with Crippen LogP contribution in [0.15, 0.2) is 54.9 Å². The zero-order chi connectivity index (χ0) is 20.3. The van der Waals surface area contributed by atoms with Crippen LogP contribution in [-0.2, 0) is 10.2 Å². The zero-order valence-electron chi connectivity index (χ0n) is 17.2. The van der Waals surface area contributed by atoms with E-state index in [9.17, 15) is 0 Å². The minimum absolute atomic E-state index is 0.0763. The van der Waals surface area contributed by atoms with Crippen molar-refractivity contribution in [1.82, 2.24) is 15.0 Å². The molecule has 2 aromatic heterocycles. The Labute approximate surface area is 172 Å². The number of hydrogen-bond acceptors (Lipinski definition) is 6. The van der Waals surface area contributed by atoms with Gasteiger partial charge in [-0.2, -0.15) is 4.98 Å². The Bertz CT molecular complexity index is 963. The third-order valence-corrected chi connectivity index (χ3v) is 4.97. The highest BCUT2D eigenvalue weighted by molar-refractivity contribution is 5.68. The van der Waals surface area contributed by atoms with E-state index in [0.717, 1.165) is 41.8 Å². The van der Waals surface area contributed by atoms with E-state index < -0.39 is 0 Å². The van der Waals surface area contributed by atoms with Gasteiger partial charge in [0.2, 0.25) is 5.95 Å². The number of benzene rings is 1. The number of ether oxygens (including phenoxy) is 1. The Morgan fingerprint density at radius 1 is 1.00 bits per heavy atom. The van der Waals surface area contributed by atoms with Gasteiger partial charge in [0.15, 0.2) is 0 Å². The van der Waals surface area contributed by atoms with Crippen molar-refractivity contribution < 1.29 is 4.74 Å². The van der Waals surface area contributed by atoms with Crippen molar-refractivity contribution in [2.24, 2.45) is 0 Å². The van der Waals surface area contributed by atoms with Gasteiger partial charge in [-0.3, -0.25) is 4.98 Å². The monoisotopic (exact) mass is 389 g/mol. The lowest BCUT2D eigenvalue weighted by atomic mass is 9.86. The van der Waals surface area contributed by atoms with Gasteiger partial charge < -0.3 is 15.0 Å². The van der Waals surface area contributed by atoms with Gasteiger partial charge in [-0.05, 0) is 29.2 Å². The summed E-state index contributed by atoms with van der Waals surface area (Å²) in [6.45, 7) is 9.63. The summed E-state index contributed by atoms with van der Waals surface area (Å²) in [4.78, 5) is 16.0. The third kappa shape index (κ3) is 4.71. The topological polar surface area (TPSA) is 63.2 Å². The van der Waals surface area contributed by atoms with Gasteiger partial charge >= 0.3 is 0 Å². The molecule has 0 bridgehead atoms. The van der Waals surface area contributed by atoms with Gasteiger partial charge in [0.05, 0.1) is 30.8 Å². The predicted octanol–water partition coefficient (Wildman–Crippen LogP) is 4.42. The van der Waals surface area contributed by atoms with Crippen LogP contribution in [-0.4, -0.2) is 41.3 Å².